The fourth-order valence-corrected chi connectivity index (χ4v) is 5.65. The summed E-state index contributed by atoms with van der Waals surface area (Å²) in [5.41, 5.74) is 10.7. The van der Waals surface area contributed by atoms with Crippen LogP contribution in [0.15, 0.2) is 67.1 Å². The lowest BCUT2D eigenvalue weighted by molar-refractivity contribution is 0.0600. The number of esters is 1. The number of rotatable bonds is 4. The van der Waals surface area contributed by atoms with Gasteiger partial charge in [-0.15, -0.1) is 0 Å². The van der Waals surface area contributed by atoms with E-state index in [1.807, 2.05) is 42.7 Å². The Labute approximate surface area is 211 Å². The molecule has 0 radical (unpaired) electrons. The molecule has 0 amide bonds. The molecule has 4 aromatic rings. The molecule has 1 aliphatic heterocycles. The fraction of sp³-hybridized carbons (Fsp3) is 0.290. The maximum atomic E-state index is 12.0. The second-order valence-corrected chi connectivity index (χ2v) is 10.4. The third-order valence-corrected chi connectivity index (χ3v) is 7.69. The first-order valence-corrected chi connectivity index (χ1v) is 12.5. The fourth-order valence-electron chi connectivity index (χ4n) is 5.65. The van der Waals surface area contributed by atoms with Crippen molar-refractivity contribution >= 4 is 5.97 Å². The SMILES string of the molecule is COC(=O)c1ccc(-c2cn(Cc3cccnc3)c3c2CCc2cc4c(cc2-3)OCCC4(C)C)cc1. The van der Waals surface area contributed by atoms with Crippen molar-refractivity contribution in [1.29, 1.82) is 0 Å². The average Bonchev–Trinajstić information content (AvgIpc) is 3.26. The molecule has 5 heteroatoms. The van der Waals surface area contributed by atoms with Gasteiger partial charge in [0.2, 0.25) is 0 Å². The topological polar surface area (TPSA) is 53.4 Å². The molecule has 0 saturated carbocycles. The van der Waals surface area contributed by atoms with Crippen molar-refractivity contribution in [1.82, 2.24) is 9.55 Å². The third kappa shape index (κ3) is 3.79. The van der Waals surface area contributed by atoms with E-state index in [2.05, 4.69) is 47.8 Å². The summed E-state index contributed by atoms with van der Waals surface area (Å²) in [5, 5.41) is 0. The number of benzene rings is 2. The molecule has 0 N–H and O–H groups in total. The number of nitrogens with zero attached hydrogens (tertiary/aromatic N) is 2. The number of carbonyl (C=O) groups is 1. The predicted molar refractivity (Wildman–Crippen MR) is 141 cm³/mol. The minimum atomic E-state index is -0.320. The summed E-state index contributed by atoms with van der Waals surface area (Å²) in [7, 11) is 1.41. The van der Waals surface area contributed by atoms with Crippen molar-refractivity contribution in [3.8, 4) is 28.1 Å². The molecule has 0 bridgehead atoms. The molecule has 1 aliphatic carbocycles. The van der Waals surface area contributed by atoms with Crippen LogP contribution in [0.1, 0.15) is 52.9 Å². The van der Waals surface area contributed by atoms with Crippen molar-refractivity contribution in [2.24, 2.45) is 0 Å². The van der Waals surface area contributed by atoms with E-state index in [9.17, 15) is 4.79 Å². The molecule has 6 rings (SSSR count). The summed E-state index contributed by atoms with van der Waals surface area (Å²) < 4.78 is 13.4. The highest BCUT2D eigenvalue weighted by atomic mass is 16.5. The van der Waals surface area contributed by atoms with Crippen LogP contribution in [-0.2, 0) is 29.5 Å². The average molecular weight is 479 g/mol. The molecule has 0 fully saturated rings. The zero-order chi connectivity index (χ0) is 24.9. The summed E-state index contributed by atoms with van der Waals surface area (Å²) >= 11 is 0. The summed E-state index contributed by atoms with van der Waals surface area (Å²) in [6.45, 7) is 6.12. The molecule has 0 atom stereocenters. The Morgan fingerprint density at radius 1 is 1.11 bits per heavy atom. The minimum Gasteiger partial charge on any atom is -0.493 e. The van der Waals surface area contributed by atoms with Gasteiger partial charge in [0.1, 0.15) is 5.75 Å². The monoisotopic (exact) mass is 478 g/mol. The van der Waals surface area contributed by atoms with Gasteiger partial charge >= 0.3 is 5.97 Å². The molecule has 2 aliphatic rings. The summed E-state index contributed by atoms with van der Waals surface area (Å²) in [6, 6.07) is 16.5. The highest BCUT2D eigenvalue weighted by Crippen LogP contribution is 2.47. The second kappa shape index (κ2) is 8.66. The molecule has 2 aromatic heterocycles. The molecule has 3 heterocycles. The van der Waals surface area contributed by atoms with Crippen LogP contribution in [0.4, 0.5) is 0 Å². The Kier molecular flexibility index (Phi) is 5.44. The van der Waals surface area contributed by atoms with Crippen LogP contribution in [0.5, 0.6) is 5.75 Å². The number of aryl methyl sites for hydroxylation is 1. The lowest BCUT2D eigenvalue weighted by Gasteiger charge is -2.34. The Hall–Kier alpha value is -3.86. The van der Waals surface area contributed by atoms with Gasteiger partial charge in [0.05, 0.1) is 25.0 Å². The number of carbonyl (C=O) groups excluding carboxylic acids is 1. The van der Waals surface area contributed by atoms with Crippen LogP contribution in [-0.4, -0.2) is 29.2 Å². The molecule has 5 nitrogen and oxygen atoms in total. The third-order valence-electron chi connectivity index (χ3n) is 7.69. The van der Waals surface area contributed by atoms with Crippen molar-refractivity contribution < 1.29 is 14.3 Å². The largest absolute Gasteiger partial charge is 0.493 e. The number of pyridine rings is 1. The Bertz CT molecular complexity index is 1450. The molecule has 0 unspecified atom stereocenters. The van der Waals surface area contributed by atoms with Crippen molar-refractivity contribution in [2.75, 3.05) is 13.7 Å². The molecule has 182 valence electrons. The smallest absolute Gasteiger partial charge is 0.337 e. The molecule has 0 saturated heterocycles. The van der Waals surface area contributed by atoms with Gasteiger partial charge < -0.3 is 14.0 Å². The zero-order valence-corrected chi connectivity index (χ0v) is 21.0. The van der Waals surface area contributed by atoms with Crippen LogP contribution in [0.3, 0.4) is 0 Å². The Morgan fingerprint density at radius 3 is 2.69 bits per heavy atom. The first kappa shape index (κ1) is 22.6. The van der Waals surface area contributed by atoms with E-state index in [1.54, 1.807) is 0 Å². The van der Waals surface area contributed by atoms with Gasteiger partial charge in [-0.05, 0) is 71.2 Å². The van der Waals surface area contributed by atoms with Gasteiger partial charge in [-0.3, -0.25) is 4.98 Å². The van der Waals surface area contributed by atoms with E-state index in [-0.39, 0.29) is 11.4 Å². The molecular formula is C31H30N2O3. The van der Waals surface area contributed by atoms with Crippen molar-refractivity contribution in [2.45, 2.75) is 45.1 Å². The van der Waals surface area contributed by atoms with Gasteiger partial charge in [-0.1, -0.05) is 38.1 Å². The van der Waals surface area contributed by atoms with Crippen molar-refractivity contribution in [3.63, 3.8) is 0 Å². The van der Waals surface area contributed by atoms with E-state index in [1.165, 1.54) is 40.6 Å². The molecule has 0 spiro atoms. The molecule has 36 heavy (non-hydrogen) atoms. The molecular weight excluding hydrogens is 448 g/mol. The second-order valence-electron chi connectivity index (χ2n) is 10.4. The Balaban J connectivity index is 1.51. The van der Waals surface area contributed by atoms with E-state index >= 15 is 0 Å². The standard InChI is InChI=1S/C31H30N2O3/c1-31(2)12-14-36-28-16-25-23(15-27(28)31)10-11-24-26(21-6-8-22(9-7-21)30(34)35-3)19-33(29(24)25)18-20-5-4-13-32-17-20/h4-9,13,15-17,19H,10-12,14,18H2,1-3H3. The highest BCUT2D eigenvalue weighted by molar-refractivity contribution is 5.90. The zero-order valence-electron chi connectivity index (χ0n) is 21.0. The number of methoxy groups -OCH3 is 1. The number of fused-ring (bicyclic) bond motifs is 4. The summed E-state index contributed by atoms with van der Waals surface area (Å²) in [5.74, 6) is 0.690. The van der Waals surface area contributed by atoms with Gasteiger partial charge in [0, 0.05) is 41.8 Å². The highest BCUT2D eigenvalue weighted by Gasteiger charge is 2.32. The number of aromatic nitrogens is 2. The van der Waals surface area contributed by atoms with Gasteiger partial charge in [0.15, 0.2) is 0 Å². The maximum Gasteiger partial charge on any atom is 0.337 e. The van der Waals surface area contributed by atoms with Crippen LogP contribution >= 0.6 is 0 Å². The van der Waals surface area contributed by atoms with Gasteiger partial charge in [-0.2, -0.15) is 0 Å². The van der Waals surface area contributed by atoms with Crippen LogP contribution in [0.25, 0.3) is 22.4 Å². The van der Waals surface area contributed by atoms with E-state index in [4.69, 9.17) is 9.47 Å². The van der Waals surface area contributed by atoms with Crippen LogP contribution < -0.4 is 4.74 Å². The minimum absolute atomic E-state index is 0.118. The lowest BCUT2D eigenvalue weighted by atomic mass is 9.76. The van der Waals surface area contributed by atoms with E-state index in [0.717, 1.165) is 49.3 Å². The number of ether oxygens (including phenoxy) is 2. The van der Waals surface area contributed by atoms with E-state index in [0.29, 0.717) is 5.56 Å². The van der Waals surface area contributed by atoms with E-state index < -0.39 is 0 Å². The normalized spacial score (nSPS) is 15.3. The van der Waals surface area contributed by atoms with Crippen LogP contribution in [0, 0.1) is 0 Å². The Morgan fingerprint density at radius 2 is 1.94 bits per heavy atom. The first-order valence-electron chi connectivity index (χ1n) is 12.5. The quantitative estimate of drug-likeness (QED) is 0.327. The number of hydrogen-bond donors (Lipinski definition) is 0. The first-order chi connectivity index (χ1) is 17.4. The maximum absolute atomic E-state index is 12.0. The predicted octanol–water partition coefficient (Wildman–Crippen LogP) is 6.21. The number of hydrogen-bond acceptors (Lipinski definition) is 4. The van der Waals surface area contributed by atoms with Crippen molar-refractivity contribution in [3.05, 3.63) is 94.9 Å². The summed E-state index contributed by atoms with van der Waals surface area (Å²) in [6.07, 6.45) is 8.99. The van der Waals surface area contributed by atoms with Crippen LogP contribution in [0.2, 0.25) is 0 Å². The summed E-state index contributed by atoms with van der Waals surface area (Å²) in [4.78, 5) is 16.3. The van der Waals surface area contributed by atoms with Gasteiger partial charge in [0.25, 0.3) is 0 Å². The van der Waals surface area contributed by atoms with Gasteiger partial charge in [-0.25, -0.2) is 4.79 Å². The lowest BCUT2D eigenvalue weighted by Crippen LogP contribution is -2.27. The molecule has 2 aromatic carbocycles.